The van der Waals surface area contributed by atoms with Crippen molar-refractivity contribution in [3.8, 4) is 11.3 Å². The molecular formula is C20H23FN4O4. The summed E-state index contributed by atoms with van der Waals surface area (Å²) in [6, 6.07) is 5.72. The van der Waals surface area contributed by atoms with Crippen LogP contribution in [0.2, 0.25) is 0 Å². The molecule has 2 aromatic rings. The highest BCUT2D eigenvalue weighted by Crippen LogP contribution is 2.23. The first kappa shape index (κ1) is 20.5. The van der Waals surface area contributed by atoms with E-state index in [4.69, 9.17) is 4.42 Å². The van der Waals surface area contributed by atoms with Gasteiger partial charge >= 0.3 is 0 Å². The molecule has 3 amide bonds. The van der Waals surface area contributed by atoms with E-state index in [1.807, 2.05) is 0 Å². The molecule has 154 valence electrons. The fourth-order valence-corrected chi connectivity index (χ4v) is 3.30. The monoisotopic (exact) mass is 402 g/mol. The second kappa shape index (κ2) is 9.31. The van der Waals surface area contributed by atoms with E-state index < -0.39 is 11.9 Å². The molecule has 1 atom stereocenters. The molecule has 1 aliphatic heterocycles. The number of amides is 3. The Balaban J connectivity index is 1.46. The molecule has 0 radical (unpaired) electrons. The van der Waals surface area contributed by atoms with Crippen molar-refractivity contribution in [1.29, 1.82) is 0 Å². The van der Waals surface area contributed by atoms with Gasteiger partial charge in [0.25, 0.3) is 0 Å². The van der Waals surface area contributed by atoms with Gasteiger partial charge in [0.1, 0.15) is 11.9 Å². The van der Waals surface area contributed by atoms with E-state index in [2.05, 4.69) is 15.6 Å². The number of halogens is 1. The predicted octanol–water partition coefficient (Wildman–Crippen LogP) is 1.27. The Labute approximate surface area is 167 Å². The number of hydrogen-bond acceptors (Lipinski definition) is 5. The van der Waals surface area contributed by atoms with Crippen molar-refractivity contribution >= 4 is 17.7 Å². The van der Waals surface area contributed by atoms with Crippen LogP contribution < -0.4 is 10.6 Å². The number of likely N-dealkylation sites (N-methyl/N-ethyl adjacent to an activating group) is 1. The van der Waals surface area contributed by atoms with Crippen LogP contribution in [0.3, 0.4) is 0 Å². The first-order valence-electron chi connectivity index (χ1n) is 9.47. The van der Waals surface area contributed by atoms with Crippen LogP contribution in [0.1, 0.15) is 25.2 Å². The zero-order valence-corrected chi connectivity index (χ0v) is 16.1. The Morgan fingerprint density at radius 3 is 2.86 bits per heavy atom. The average molecular weight is 402 g/mol. The molecule has 29 heavy (non-hydrogen) atoms. The van der Waals surface area contributed by atoms with Gasteiger partial charge in [0, 0.05) is 26.4 Å². The maximum atomic E-state index is 13.8. The fourth-order valence-electron chi connectivity index (χ4n) is 3.30. The van der Waals surface area contributed by atoms with Gasteiger partial charge in [-0.2, -0.15) is 0 Å². The molecule has 2 heterocycles. The summed E-state index contributed by atoms with van der Waals surface area (Å²) >= 11 is 0. The SMILES string of the molecule is CNC(=O)C1CCCN1C(=O)CNC(=O)CCc1ncc(-c2ccccc2F)o1. The minimum absolute atomic E-state index is 0.0728. The van der Waals surface area contributed by atoms with Crippen LogP contribution in [-0.2, 0) is 20.8 Å². The van der Waals surface area contributed by atoms with Crippen LogP contribution in [0, 0.1) is 5.82 Å². The van der Waals surface area contributed by atoms with E-state index in [-0.39, 0.29) is 37.1 Å². The molecular weight excluding hydrogens is 379 g/mol. The van der Waals surface area contributed by atoms with Crippen molar-refractivity contribution in [1.82, 2.24) is 20.5 Å². The number of likely N-dealkylation sites (tertiary alicyclic amines) is 1. The second-order valence-corrected chi connectivity index (χ2v) is 6.73. The number of carbonyl (C=O) groups excluding carboxylic acids is 3. The van der Waals surface area contributed by atoms with Crippen LogP contribution in [-0.4, -0.2) is 53.8 Å². The van der Waals surface area contributed by atoms with Gasteiger partial charge in [0.15, 0.2) is 11.7 Å². The van der Waals surface area contributed by atoms with E-state index in [0.29, 0.717) is 30.2 Å². The third-order valence-corrected chi connectivity index (χ3v) is 4.82. The Bertz CT molecular complexity index is 898. The van der Waals surface area contributed by atoms with Gasteiger partial charge in [-0.15, -0.1) is 0 Å². The lowest BCUT2D eigenvalue weighted by Crippen LogP contribution is -2.48. The van der Waals surface area contributed by atoms with Crippen molar-refractivity contribution in [3.63, 3.8) is 0 Å². The third kappa shape index (κ3) is 4.98. The molecule has 1 unspecified atom stereocenters. The maximum absolute atomic E-state index is 13.8. The summed E-state index contributed by atoms with van der Waals surface area (Å²) in [7, 11) is 1.53. The van der Waals surface area contributed by atoms with Gasteiger partial charge in [-0.25, -0.2) is 9.37 Å². The minimum atomic E-state index is -0.478. The smallest absolute Gasteiger partial charge is 0.242 e. The van der Waals surface area contributed by atoms with Crippen LogP contribution in [0.25, 0.3) is 11.3 Å². The van der Waals surface area contributed by atoms with Gasteiger partial charge in [0.05, 0.1) is 18.3 Å². The Hall–Kier alpha value is -3.23. The van der Waals surface area contributed by atoms with E-state index >= 15 is 0 Å². The summed E-state index contributed by atoms with van der Waals surface area (Å²) in [5.41, 5.74) is 0.303. The van der Waals surface area contributed by atoms with Crippen molar-refractivity contribution in [2.45, 2.75) is 31.7 Å². The molecule has 8 nitrogen and oxygen atoms in total. The number of aromatic nitrogens is 1. The molecule has 3 rings (SSSR count). The number of benzene rings is 1. The first-order chi connectivity index (χ1) is 14.0. The van der Waals surface area contributed by atoms with Crippen molar-refractivity contribution < 1.29 is 23.2 Å². The highest BCUT2D eigenvalue weighted by atomic mass is 19.1. The molecule has 0 saturated carbocycles. The third-order valence-electron chi connectivity index (χ3n) is 4.82. The summed E-state index contributed by atoms with van der Waals surface area (Å²) in [4.78, 5) is 41.7. The van der Waals surface area contributed by atoms with Gasteiger partial charge in [-0.05, 0) is 25.0 Å². The van der Waals surface area contributed by atoms with Crippen LogP contribution >= 0.6 is 0 Å². The summed E-state index contributed by atoms with van der Waals surface area (Å²) in [6.45, 7) is 0.334. The molecule has 1 saturated heterocycles. The van der Waals surface area contributed by atoms with E-state index in [1.54, 1.807) is 18.2 Å². The van der Waals surface area contributed by atoms with E-state index in [9.17, 15) is 18.8 Å². The number of hydrogen-bond donors (Lipinski definition) is 2. The van der Waals surface area contributed by atoms with Gasteiger partial charge in [0.2, 0.25) is 17.7 Å². The van der Waals surface area contributed by atoms with Crippen LogP contribution in [0.15, 0.2) is 34.9 Å². The molecule has 1 aliphatic rings. The number of carbonyl (C=O) groups is 3. The zero-order valence-electron chi connectivity index (χ0n) is 16.1. The quantitative estimate of drug-likeness (QED) is 0.726. The summed E-state index contributed by atoms with van der Waals surface area (Å²) in [5.74, 6) is -0.630. The lowest BCUT2D eigenvalue weighted by molar-refractivity contribution is -0.138. The number of aryl methyl sites for hydroxylation is 1. The van der Waals surface area contributed by atoms with Crippen LogP contribution in [0.4, 0.5) is 4.39 Å². The highest BCUT2D eigenvalue weighted by molar-refractivity contribution is 5.90. The van der Waals surface area contributed by atoms with Crippen LogP contribution in [0.5, 0.6) is 0 Å². The molecule has 9 heteroatoms. The lowest BCUT2D eigenvalue weighted by Gasteiger charge is -2.23. The highest BCUT2D eigenvalue weighted by Gasteiger charge is 2.33. The number of nitrogens with zero attached hydrogens (tertiary/aromatic N) is 2. The first-order valence-corrected chi connectivity index (χ1v) is 9.47. The normalized spacial score (nSPS) is 15.9. The standard InChI is InChI=1S/C20H23FN4O4/c1-22-20(28)15-7-4-10-25(15)19(27)12-23-17(26)8-9-18-24-11-16(29-18)13-5-2-3-6-14(13)21/h2-3,5-6,11,15H,4,7-10,12H2,1H3,(H,22,28)(H,23,26). The Morgan fingerprint density at radius 2 is 2.10 bits per heavy atom. The Morgan fingerprint density at radius 1 is 1.31 bits per heavy atom. The summed E-state index contributed by atoms with van der Waals surface area (Å²) in [5, 5.41) is 5.11. The molecule has 0 bridgehead atoms. The fraction of sp³-hybridized carbons (Fsp3) is 0.400. The second-order valence-electron chi connectivity index (χ2n) is 6.73. The maximum Gasteiger partial charge on any atom is 0.242 e. The molecule has 1 fully saturated rings. The van der Waals surface area contributed by atoms with Gasteiger partial charge < -0.3 is 20.0 Å². The number of oxazole rings is 1. The molecule has 1 aromatic carbocycles. The van der Waals surface area contributed by atoms with Crippen molar-refractivity contribution in [3.05, 3.63) is 42.2 Å². The largest absolute Gasteiger partial charge is 0.441 e. The molecule has 0 spiro atoms. The Kier molecular flexibility index (Phi) is 6.58. The molecule has 2 N–H and O–H groups in total. The summed E-state index contributed by atoms with van der Waals surface area (Å²) < 4.78 is 19.3. The van der Waals surface area contributed by atoms with Gasteiger partial charge in [-0.1, -0.05) is 12.1 Å². The molecule has 0 aliphatic carbocycles. The summed E-state index contributed by atoms with van der Waals surface area (Å²) in [6.07, 6.45) is 3.09. The van der Waals surface area contributed by atoms with Gasteiger partial charge in [-0.3, -0.25) is 14.4 Å². The zero-order chi connectivity index (χ0) is 20.8. The number of rotatable bonds is 7. The minimum Gasteiger partial charge on any atom is -0.441 e. The van der Waals surface area contributed by atoms with E-state index in [1.165, 1.54) is 24.2 Å². The average Bonchev–Trinajstić information content (AvgIpc) is 3.40. The lowest BCUT2D eigenvalue weighted by atomic mass is 10.2. The van der Waals surface area contributed by atoms with E-state index in [0.717, 1.165) is 6.42 Å². The van der Waals surface area contributed by atoms with Crippen molar-refractivity contribution in [2.24, 2.45) is 0 Å². The topological polar surface area (TPSA) is 105 Å². The molecule has 1 aromatic heterocycles. The number of nitrogens with one attached hydrogen (secondary N) is 2. The van der Waals surface area contributed by atoms with Crippen molar-refractivity contribution in [2.75, 3.05) is 20.1 Å². The predicted molar refractivity (Wildman–Crippen MR) is 102 cm³/mol.